The van der Waals surface area contributed by atoms with E-state index in [1.807, 2.05) is 0 Å². The van der Waals surface area contributed by atoms with Crippen molar-refractivity contribution in [3.63, 3.8) is 0 Å². The van der Waals surface area contributed by atoms with Gasteiger partial charge < -0.3 is 11.1 Å². The SMILES string of the molecule is CCCC(CCC)(C(=O)NC1CC2CCC1C2)C(N)=S. The number of fused-ring (bicyclic) bond motifs is 2. The summed E-state index contributed by atoms with van der Waals surface area (Å²) in [5.74, 6) is 1.62. The van der Waals surface area contributed by atoms with E-state index < -0.39 is 5.41 Å². The maximum atomic E-state index is 12.8. The molecule has 0 aromatic rings. The normalized spacial score (nSPS) is 28.6. The van der Waals surface area contributed by atoms with Crippen molar-refractivity contribution in [2.75, 3.05) is 0 Å². The Morgan fingerprint density at radius 3 is 2.30 bits per heavy atom. The van der Waals surface area contributed by atoms with E-state index in [0.717, 1.165) is 38.0 Å². The molecule has 2 rings (SSSR count). The van der Waals surface area contributed by atoms with Crippen LogP contribution in [0.3, 0.4) is 0 Å². The van der Waals surface area contributed by atoms with Gasteiger partial charge in [-0.3, -0.25) is 4.79 Å². The van der Waals surface area contributed by atoms with Gasteiger partial charge in [-0.15, -0.1) is 0 Å². The van der Waals surface area contributed by atoms with Crippen molar-refractivity contribution in [1.29, 1.82) is 0 Å². The van der Waals surface area contributed by atoms with Crippen LogP contribution in [0.5, 0.6) is 0 Å². The highest BCUT2D eigenvalue weighted by Crippen LogP contribution is 2.45. The van der Waals surface area contributed by atoms with Gasteiger partial charge in [0.05, 0.1) is 10.4 Å². The number of amides is 1. The fraction of sp³-hybridized carbons (Fsp3) is 0.875. The van der Waals surface area contributed by atoms with E-state index in [-0.39, 0.29) is 5.91 Å². The second-order valence-electron chi connectivity index (χ2n) is 6.70. The van der Waals surface area contributed by atoms with Crippen LogP contribution in [-0.2, 0) is 4.79 Å². The highest BCUT2D eigenvalue weighted by Gasteiger charge is 2.45. The zero-order valence-electron chi connectivity index (χ0n) is 12.8. The second-order valence-corrected chi connectivity index (χ2v) is 7.14. The van der Waals surface area contributed by atoms with Gasteiger partial charge in [-0.1, -0.05) is 45.3 Å². The third kappa shape index (κ3) is 2.85. The summed E-state index contributed by atoms with van der Waals surface area (Å²) >= 11 is 5.26. The maximum Gasteiger partial charge on any atom is 0.233 e. The van der Waals surface area contributed by atoms with Crippen LogP contribution in [0.2, 0.25) is 0 Å². The summed E-state index contributed by atoms with van der Waals surface area (Å²) in [6.07, 6.45) is 8.47. The Labute approximate surface area is 128 Å². The number of hydrogen-bond donors (Lipinski definition) is 2. The lowest BCUT2D eigenvalue weighted by molar-refractivity contribution is -0.129. The molecule has 0 aromatic heterocycles. The van der Waals surface area contributed by atoms with E-state index in [1.165, 1.54) is 19.3 Å². The van der Waals surface area contributed by atoms with Gasteiger partial charge in [0.2, 0.25) is 5.91 Å². The Morgan fingerprint density at radius 2 is 1.90 bits per heavy atom. The highest BCUT2D eigenvalue weighted by atomic mass is 32.1. The van der Waals surface area contributed by atoms with Crippen molar-refractivity contribution in [2.24, 2.45) is 23.0 Å². The van der Waals surface area contributed by atoms with Crippen molar-refractivity contribution >= 4 is 23.1 Å². The number of nitrogens with one attached hydrogen (secondary N) is 1. The molecule has 0 spiro atoms. The first-order valence-electron chi connectivity index (χ1n) is 8.14. The molecular formula is C16H28N2OS. The van der Waals surface area contributed by atoms with E-state index in [4.69, 9.17) is 18.0 Å². The average Bonchev–Trinajstić information content (AvgIpc) is 3.00. The van der Waals surface area contributed by atoms with Crippen molar-refractivity contribution in [3.8, 4) is 0 Å². The quantitative estimate of drug-likeness (QED) is 0.710. The first-order valence-corrected chi connectivity index (χ1v) is 8.55. The zero-order chi connectivity index (χ0) is 14.8. The highest BCUT2D eigenvalue weighted by molar-refractivity contribution is 7.80. The molecule has 2 aliphatic carbocycles. The van der Waals surface area contributed by atoms with Gasteiger partial charge in [-0.05, 0) is 43.9 Å². The lowest BCUT2D eigenvalue weighted by Crippen LogP contribution is -2.52. The molecule has 4 heteroatoms. The molecule has 0 heterocycles. The van der Waals surface area contributed by atoms with Crippen LogP contribution in [0, 0.1) is 17.3 Å². The molecule has 0 aliphatic heterocycles. The van der Waals surface area contributed by atoms with Crippen molar-refractivity contribution in [1.82, 2.24) is 5.32 Å². The molecule has 3 atom stereocenters. The molecule has 0 radical (unpaired) electrons. The molecule has 20 heavy (non-hydrogen) atoms. The van der Waals surface area contributed by atoms with Crippen molar-refractivity contribution in [2.45, 2.75) is 71.3 Å². The number of rotatable bonds is 7. The fourth-order valence-corrected chi connectivity index (χ4v) is 4.59. The van der Waals surface area contributed by atoms with Crippen LogP contribution in [0.4, 0.5) is 0 Å². The molecule has 2 fully saturated rings. The molecule has 0 aromatic carbocycles. The van der Waals surface area contributed by atoms with Crippen molar-refractivity contribution < 1.29 is 4.79 Å². The van der Waals surface area contributed by atoms with Gasteiger partial charge in [0.25, 0.3) is 0 Å². The van der Waals surface area contributed by atoms with Crippen molar-refractivity contribution in [3.05, 3.63) is 0 Å². The Morgan fingerprint density at radius 1 is 1.25 bits per heavy atom. The van der Waals surface area contributed by atoms with Gasteiger partial charge in [0.15, 0.2) is 0 Å². The number of hydrogen-bond acceptors (Lipinski definition) is 2. The Kier molecular flexibility index (Phi) is 5.05. The van der Waals surface area contributed by atoms with Crippen LogP contribution < -0.4 is 11.1 Å². The van der Waals surface area contributed by atoms with Gasteiger partial charge in [-0.2, -0.15) is 0 Å². The number of carbonyl (C=O) groups is 1. The van der Waals surface area contributed by atoms with E-state index in [2.05, 4.69) is 19.2 Å². The first-order chi connectivity index (χ1) is 9.53. The monoisotopic (exact) mass is 296 g/mol. The summed E-state index contributed by atoms with van der Waals surface area (Å²) in [6.45, 7) is 4.18. The lowest BCUT2D eigenvalue weighted by Gasteiger charge is -2.34. The molecular weight excluding hydrogens is 268 g/mol. The summed E-state index contributed by atoms with van der Waals surface area (Å²) in [5.41, 5.74) is 5.34. The molecule has 2 bridgehead atoms. The molecule has 3 unspecified atom stereocenters. The smallest absolute Gasteiger partial charge is 0.233 e. The third-order valence-electron chi connectivity index (χ3n) is 5.31. The molecule has 114 valence electrons. The lowest BCUT2D eigenvalue weighted by atomic mass is 9.77. The Hall–Kier alpha value is -0.640. The van der Waals surface area contributed by atoms with Crippen LogP contribution in [0.25, 0.3) is 0 Å². The minimum atomic E-state index is -0.624. The summed E-state index contributed by atoms with van der Waals surface area (Å²) in [6, 6.07) is 0.365. The summed E-state index contributed by atoms with van der Waals surface area (Å²) in [5, 5.41) is 3.30. The van der Waals surface area contributed by atoms with E-state index >= 15 is 0 Å². The number of nitrogens with two attached hydrogens (primary N) is 1. The minimum Gasteiger partial charge on any atom is -0.392 e. The van der Waals surface area contributed by atoms with Gasteiger partial charge in [0.1, 0.15) is 0 Å². The van der Waals surface area contributed by atoms with Crippen LogP contribution in [0.15, 0.2) is 0 Å². The molecule has 3 nitrogen and oxygen atoms in total. The van der Waals surface area contributed by atoms with E-state index in [1.54, 1.807) is 0 Å². The Balaban J connectivity index is 2.07. The van der Waals surface area contributed by atoms with Crippen LogP contribution >= 0.6 is 12.2 Å². The van der Waals surface area contributed by atoms with Gasteiger partial charge >= 0.3 is 0 Å². The van der Waals surface area contributed by atoms with Gasteiger partial charge in [-0.25, -0.2) is 0 Å². The number of thiocarbonyl (C=S) groups is 1. The zero-order valence-corrected chi connectivity index (χ0v) is 13.6. The van der Waals surface area contributed by atoms with Crippen LogP contribution in [0.1, 0.15) is 65.2 Å². The van der Waals surface area contributed by atoms with Gasteiger partial charge in [0, 0.05) is 6.04 Å². The Bertz CT molecular complexity index is 377. The topological polar surface area (TPSA) is 55.1 Å². The molecule has 2 saturated carbocycles. The molecule has 0 saturated heterocycles. The number of carbonyl (C=O) groups excluding carboxylic acids is 1. The summed E-state index contributed by atoms with van der Waals surface area (Å²) in [4.78, 5) is 13.2. The molecule has 1 amide bonds. The fourth-order valence-electron chi connectivity index (χ4n) is 4.29. The minimum absolute atomic E-state index is 0.0891. The summed E-state index contributed by atoms with van der Waals surface area (Å²) < 4.78 is 0. The van der Waals surface area contributed by atoms with E-state index in [9.17, 15) is 4.79 Å². The summed E-state index contributed by atoms with van der Waals surface area (Å²) in [7, 11) is 0. The second kappa shape index (κ2) is 6.42. The van der Waals surface area contributed by atoms with E-state index in [0.29, 0.717) is 16.9 Å². The largest absolute Gasteiger partial charge is 0.392 e. The maximum absolute atomic E-state index is 12.8. The molecule has 2 aliphatic rings. The third-order valence-corrected chi connectivity index (χ3v) is 5.71. The molecule has 3 N–H and O–H groups in total. The predicted molar refractivity (Wildman–Crippen MR) is 86.4 cm³/mol. The van der Waals surface area contributed by atoms with Crippen LogP contribution in [-0.4, -0.2) is 16.9 Å². The first kappa shape index (κ1) is 15.7. The predicted octanol–water partition coefficient (Wildman–Crippen LogP) is 3.16. The average molecular weight is 296 g/mol. The standard InChI is InChI=1S/C16H28N2OS/c1-3-7-16(8-4-2,14(17)20)15(19)18-13-10-11-5-6-12(13)9-11/h11-13H,3-10H2,1-2H3,(H2,17,20)(H,18,19).